The van der Waals surface area contributed by atoms with Crippen molar-refractivity contribution >= 4 is 17.7 Å². The molecule has 1 atom stereocenters. The number of aromatic nitrogens is 2. The van der Waals surface area contributed by atoms with E-state index in [4.69, 9.17) is 0 Å². The summed E-state index contributed by atoms with van der Waals surface area (Å²) < 4.78 is 0. The van der Waals surface area contributed by atoms with E-state index < -0.39 is 0 Å². The SMILES string of the molecule is Cc1cc(-c2ccccc2)nc(SCC(=O)NC(C)c2ccccc2)n1. The molecule has 1 N–H and O–H groups in total. The number of hydrogen-bond donors (Lipinski definition) is 1. The third-order valence-electron chi connectivity index (χ3n) is 3.91. The van der Waals surface area contributed by atoms with Crippen molar-refractivity contribution in [1.82, 2.24) is 15.3 Å². The van der Waals surface area contributed by atoms with Gasteiger partial charge in [0.25, 0.3) is 0 Å². The third kappa shape index (κ3) is 4.92. The fourth-order valence-electron chi connectivity index (χ4n) is 2.60. The normalized spacial score (nSPS) is 11.8. The van der Waals surface area contributed by atoms with Gasteiger partial charge in [-0.1, -0.05) is 72.4 Å². The molecule has 0 aliphatic carbocycles. The van der Waals surface area contributed by atoms with Crippen LogP contribution in [0.4, 0.5) is 0 Å². The van der Waals surface area contributed by atoms with E-state index >= 15 is 0 Å². The summed E-state index contributed by atoms with van der Waals surface area (Å²) in [6.07, 6.45) is 0. The standard InChI is InChI=1S/C21H21N3OS/c1-15-13-19(18-11-7-4-8-12-18)24-21(22-15)26-14-20(25)23-16(2)17-9-5-3-6-10-17/h3-13,16H,14H2,1-2H3,(H,23,25). The van der Waals surface area contributed by atoms with Crippen LogP contribution in [0.5, 0.6) is 0 Å². The molecule has 0 saturated heterocycles. The maximum absolute atomic E-state index is 12.3. The summed E-state index contributed by atoms with van der Waals surface area (Å²) in [6.45, 7) is 3.92. The second-order valence-electron chi connectivity index (χ2n) is 6.03. The first-order valence-corrected chi connectivity index (χ1v) is 9.48. The lowest BCUT2D eigenvalue weighted by Gasteiger charge is -2.14. The van der Waals surface area contributed by atoms with Gasteiger partial charge < -0.3 is 5.32 Å². The molecular formula is C21H21N3OS. The third-order valence-corrected chi connectivity index (χ3v) is 4.76. The molecule has 3 rings (SSSR count). The lowest BCUT2D eigenvalue weighted by Crippen LogP contribution is -2.28. The van der Waals surface area contributed by atoms with Crippen molar-refractivity contribution in [2.24, 2.45) is 0 Å². The predicted octanol–water partition coefficient (Wildman–Crippen LogP) is 4.42. The number of hydrogen-bond acceptors (Lipinski definition) is 4. The van der Waals surface area contributed by atoms with Gasteiger partial charge in [0.05, 0.1) is 17.5 Å². The minimum atomic E-state index is -0.0299. The number of benzene rings is 2. The van der Waals surface area contributed by atoms with Crippen LogP contribution in [0, 0.1) is 6.92 Å². The molecule has 0 aliphatic rings. The highest BCUT2D eigenvalue weighted by molar-refractivity contribution is 7.99. The summed E-state index contributed by atoms with van der Waals surface area (Å²) in [6, 6.07) is 21.8. The first-order valence-electron chi connectivity index (χ1n) is 8.50. The van der Waals surface area contributed by atoms with Crippen LogP contribution in [0.3, 0.4) is 0 Å². The van der Waals surface area contributed by atoms with Gasteiger partial charge in [-0.2, -0.15) is 0 Å². The molecule has 0 bridgehead atoms. The maximum Gasteiger partial charge on any atom is 0.230 e. The zero-order valence-corrected chi connectivity index (χ0v) is 15.7. The van der Waals surface area contributed by atoms with Crippen molar-refractivity contribution in [2.75, 3.05) is 5.75 Å². The summed E-state index contributed by atoms with van der Waals surface area (Å²) in [5.41, 5.74) is 3.89. The topological polar surface area (TPSA) is 54.9 Å². The zero-order chi connectivity index (χ0) is 18.4. The van der Waals surface area contributed by atoms with Crippen molar-refractivity contribution in [1.29, 1.82) is 0 Å². The van der Waals surface area contributed by atoms with Crippen molar-refractivity contribution in [3.8, 4) is 11.3 Å². The van der Waals surface area contributed by atoms with E-state index in [0.29, 0.717) is 5.16 Å². The average Bonchev–Trinajstić information content (AvgIpc) is 2.67. The first kappa shape index (κ1) is 18.1. The van der Waals surface area contributed by atoms with Gasteiger partial charge in [-0.3, -0.25) is 4.79 Å². The number of aryl methyl sites for hydroxylation is 1. The minimum Gasteiger partial charge on any atom is -0.349 e. The number of amides is 1. The van der Waals surface area contributed by atoms with Crippen molar-refractivity contribution in [3.63, 3.8) is 0 Å². The van der Waals surface area contributed by atoms with Crippen LogP contribution >= 0.6 is 11.8 Å². The van der Waals surface area contributed by atoms with Crippen LogP contribution < -0.4 is 5.32 Å². The lowest BCUT2D eigenvalue weighted by atomic mass is 10.1. The molecule has 1 aromatic heterocycles. The predicted molar refractivity (Wildman–Crippen MR) is 106 cm³/mol. The molecule has 5 heteroatoms. The number of carbonyl (C=O) groups excluding carboxylic acids is 1. The molecule has 0 spiro atoms. The second-order valence-corrected chi connectivity index (χ2v) is 6.97. The van der Waals surface area contributed by atoms with E-state index in [9.17, 15) is 4.79 Å². The van der Waals surface area contributed by atoms with Gasteiger partial charge in [-0.05, 0) is 25.5 Å². The van der Waals surface area contributed by atoms with E-state index in [1.807, 2.05) is 80.6 Å². The summed E-state index contributed by atoms with van der Waals surface area (Å²) >= 11 is 1.35. The van der Waals surface area contributed by atoms with E-state index in [2.05, 4.69) is 15.3 Å². The number of rotatable bonds is 6. The minimum absolute atomic E-state index is 0.0254. The summed E-state index contributed by atoms with van der Waals surface area (Å²) in [4.78, 5) is 21.3. The highest BCUT2D eigenvalue weighted by atomic mass is 32.2. The van der Waals surface area contributed by atoms with Gasteiger partial charge in [0.15, 0.2) is 5.16 Å². The van der Waals surface area contributed by atoms with E-state index in [1.54, 1.807) is 0 Å². The Morgan fingerprint density at radius 3 is 2.38 bits per heavy atom. The fraction of sp³-hybridized carbons (Fsp3) is 0.190. The molecule has 1 amide bonds. The van der Waals surface area contributed by atoms with Gasteiger partial charge in [-0.15, -0.1) is 0 Å². The molecule has 0 fully saturated rings. The van der Waals surface area contributed by atoms with Crippen LogP contribution in [0.25, 0.3) is 11.3 Å². The number of nitrogens with zero attached hydrogens (tertiary/aromatic N) is 2. The Labute approximate surface area is 158 Å². The lowest BCUT2D eigenvalue weighted by molar-refractivity contribution is -0.119. The Morgan fingerprint density at radius 2 is 1.69 bits per heavy atom. The Balaban J connectivity index is 1.62. The quantitative estimate of drug-likeness (QED) is 0.520. The van der Waals surface area contributed by atoms with E-state index in [1.165, 1.54) is 11.8 Å². The first-order chi connectivity index (χ1) is 12.6. The molecular weight excluding hydrogens is 342 g/mol. The number of carbonyl (C=O) groups is 1. The second kappa shape index (κ2) is 8.63. The van der Waals surface area contributed by atoms with Crippen molar-refractivity contribution in [3.05, 3.63) is 78.0 Å². The Hall–Kier alpha value is -2.66. The molecule has 1 heterocycles. The molecule has 26 heavy (non-hydrogen) atoms. The largest absolute Gasteiger partial charge is 0.349 e. The van der Waals surface area contributed by atoms with Gasteiger partial charge in [0.2, 0.25) is 5.91 Å². The van der Waals surface area contributed by atoms with Crippen LogP contribution in [0.1, 0.15) is 24.2 Å². The summed E-state index contributed by atoms with van der Waals surface area (Å²) in [7, 11) is 0. The van der Waals surface area contributed by atoms with Crippen LogP contribution in [-0.2, 0) is 4.79 Å². The molecule has 1 unspecified atom stereocenters. The highest BCUT2D eigenvalue weighted by Crippen LogP contribution is 2.21. The molecule has 0 radical (unpaired) electrons. The van der Waals surface area contributed by atoms with Gasteiger partial charge >= 0.3 is 0 Å². The van der Waals surface area contributed by atoms with Crippen LogP contribution in [0.2, 0.25) is 0 Å². The summed E-state index contributed by atoms with van der Waals surface area (Å²) in [5.74, 6) is 0.257. The molecule has 132 valence electrons. The molecule has 3 aromatic rings. The van der Waals surface area contributed by atoms with Crippen molar-refractivity contribution < 1.29 is 4.79 Å². The van der Waals surface area contributed by atoms with E-state index in [0.717, 1.165) is 22.5 Å². The van der Waals surface area contributed by atoms with Gasteiger partial charge in [0.1, 0.15) is 0 Å². The zero-order valence-electron chi connectivity index (χ0n) is 14.8. The van der Waals surface area contributed by atoms with Crippen LogP contribution in [-0.4, -0.2) is 21.6 Å². The summed E-state index contributed by atoms with van der Waals surface area (Å²) in [5, 5.41) is 3.63. The Morgan fingerprint density at radius 1 is 1.04 bits per heavy atom. The monoisotopic (exact) mass is 363 g/mol. The van der Waals surface area contributed by atoms with Gasteiger partial charge in [-0.25, -0.2) is 9.97 Å². The van der Waals surface area contributed by atoms with Crippen LogP contribution in [0.15, 0.2) is 71.9 Å². The Kier molecular flexibility index (Phi) is 6.02. The molecule has 0 aliphatic heterocycles. The van der Waals surface area contributed by atoms with Gasteiger partial charge in [0, 0.05) is 11.3 Å². The van der Waals surface area contributed by atoms with E-state index in [-0.39, 0.29) is 17.7 Å². The molecule has 0 saturated carbocycles. The van der Waals surface area contributed by atoms with Crippen molar-refractivity contribution in [2.45, 2.75) is 25.0 Å². The fourth-order valence-corrected chi connectivity index (χ4v) is 3.32. The molecule has 2 aromatic carbocycles. The molecule has 4 nitrogen and oxygen atoms in total. The highest BCUT2D eigenvalue weighted by Gasteiger charge is 2.11. The Bertz CT molecular complexity index is 869. The smallest absolute Gasteiger partial charge is 0.230 e. The maximum atomic E-state index is 12.3. The number of thioether (sulfide) groups is 1. The number of nitrogens with one attached hydrogen (secondary N) is 1. The average molecular weight is 363 g/mol.